The van der Waals surface area contributed by atoms with Crippen LogP contribution in [0.1, 0.15) is 70.3 Å². The molecule has 0 fully saturated rings. The SMILES string of the molecule is CCC[C@@]1(CCC2C=CC=CC2)CC(O)=C([C@H](CC)c2cccc(N)c2)C(=O)O1. The molecule has 1 heterocycles. The van der Waals surface area contributed by atoms with Crippen molar-refractivity contribution in [3.8, 4) is 0 Å². The molecule has 1 aromatic rings. The molecular formula is C25H33NO3. The molecule has 0 spiro atoms. The van der Waals surface area contributed by atoms with E-state index in [-0.39, 0.29) is 17.6 Å². The Bertz CT molecular complexity index is 823. The topological polar surface area (TPSA) is 72.5 Å². The largest absolute Gasteiger partial charge is 0.512 e. The summed E-state index contributed by atoms with van der Waals surface area (Å²) < 4.78 is 6.09. The predicted octanol–water partition coefficient (Wildman–Crippen LogP) is 5.97. The lowest BCUT2D eigenvalue weighted by molar-refractivity contribution is -0.161. The Morgan fingerprint density at radius 2 is 2.10 bits per heavy atom. The molecule has 4 nitrogen and oxygen atoms in total. The van der Waals surface area contributed by atoms with Crippen LogP contribution in [0.25, 0.3) is 0 Å². The third-order valence-electron chi connectivity index (χ3n) is 6.15. The van der Waals surface area contributed by atoms with Crippen LogP contribution in [0.2, 0.25) is 0 Å². The van der Waals surface area contributed by atoms with Crippen molar-refractivity contribution < 1.29 is 14.6 Å². The minimum Gasteiger partial charge on any atom is -0.512 e. The Hall–Kier alpha value is -2.49. The number of nitrogens with two attached hydrogens (primary N) is 1. The van der Waals surface area contributed by atoms with Gasteiger partial charge in [-0.3, -0.25) is 0 Å². The van der Waals surface area contributed by atoms with E-state index in [0.717, 1.165) is 37.7 Å². The second kappa shape index (κ2) is 9.34. The van der Waals surface area contributed by atoms with Crippen molar-refractivity contribution in [3.05, 3.63) is 65.5 Å². The number of allylic oxidation sites excluding steroid dienone is 4. The molecule has 2 aliphatic rings. The number of carbonyl (C=O) groups excluding carboxylic acids is 1. The lowest BCUT2D eigenvalue weighted by atomic mass is 9.79. The third kappa shape index (κ3) is 4.92. The summed E-state index contributed by atoms with van der Waals surface area (Å²) in [4.78, 5) is 13.1. The van der Waals surface area contributed by atoms with Crippen LogP contribution < -0.4 is 5.73 Å². The summed E-state index contributed by atoms with van der Waals surface area (Å²) >= 11 is 0. The Kier molecular flexibility index (Phi) is 6.83. The minimum absolute atomic E-state index is 0.183. The zero-order valence-corrected chi connectivity index (χ0v) is 17.6. The van der Waals surface area contributed by atoms with Gasteiger partial charge in [0.1, 0.15) is 11.4 Å². The molecule has 3 rings (SSSR count). The standard InChI is InChI=1S/C25H33NO3/c1-3-14-25(15-13-18-9-6-5-7-10-18)17-22(27)23(24(28)29-25)21(4-2)19-11-8-12-20(26)16-19/h5-9,11-12,16,18,21,27H,3-4,10,13-15,17,26H2,1-2H3/t18?,21-,25-/m1/s1. The number of hydrogen-bond donors (Lipinski definition) is 2. The fourth-order valence-corrected chi connectivity index (χ4v) is 4.69. The molecule has 1 aliphatic carbocycles. The average molecular weight is 396 g/mol. The number of rotatable bonds is 8. The van der Waals surface area contributed by atoms with Crippen molar-refractivity contribution in [3.63, 3.8) is 0 Å². The van der Waals surface area contributed by atoms with E-state index < -0.39 is 5.60 Å². The Morgan fingerprint density at radius 3 is 2.72 bits per heavy atom. The molecule has 0 bridgehead atoms. The number of esters is 1. The van der Waals surface area contributed by atoms with Crippen LogP contribution in [0.3, 0.4) is 0 Å². The van der Waals surface area contributed by atoms with Gasteiger partial charge in [-0.15, -0.1) is 0 Å². The molecule has 3 atom stereocenters. The van der Waals surface area contributed by atoms with Crippen molar-refractivity contribution in [2.45, 2.75) is 70.3 Å². The van der Waals surface area contributed by atoms with E-state index in [4.69, 9.17) is 10.5 Å². The highest BCUT2D eigenvalue weighted by Crippen LogP contribution is 2.42. The predicted molar refractivity (Wildman–Crippen MR) is 118 cm³/mol. The Labute approximate surface area is 174 Å². The lowest BCUT2D eigenvalue weighted by Gasteiger charge is -2.39. The van der Waals surface area contributed by atoms with Crippen LogP contribution >= 0.6 is 0 Å². The number of anilines is 1. The van der Waals surface area contributed by atoms with E-state index in [1.807, 2.05) is 31.2 Å². The maximum atomic E-state index is 13.1. The maximum Gasteiger partial charge on any atom is 0.338 e. The highest BCUT2D eigenvalue weighted by Gasteiger charge is 2.43. The van der Waals surface area contributed by atoms with Crippen molar-refractivity contribution in [1.29, 1.82) is 0 Å². The summed E-state index contributed by atoms with van der Waals surface area (Å²) in [7, 11) is 0. The highest BCUT2D eigenvalue weighted by atomic mass is 16.6. The van der Waals surface area contributed by atoms with Crippen LogP contribution in [0, 0.1) is 5.92 Å². The van der Waals surface area contributed by atoms with Crippen LogP contribution in [0.15, 0.2) is 59.9 Å². The van der Waals surface area contributed by atoms with E-state index in [1.165, 1.54) is 0 Å². The van der Waals surface area contributed by atoms with Gasteiger partial charge in [0.2, 0.25) is 0 Å². The van der Waals surface area contributed by atoms with Gasteiger partial charge in [0.15, 0.2) is 0 Å². The number of ether oxygens (including phenoxy) is 1. The van der Waals surface area contributed by atoms with Gasteiger partial charge in [0.25, 0.3) is 0 Å². The van der Waals surface area contributed by atoms with Gasteiger partial charge in [-0.1, -0.05) is 56.7 Å². The zero-order chi connectivity index (χ0) is 20.9. The number of aliphatic hydroxyl groups excluding tert-OH is 1. The summed E-state index contributed by atoms with van der Waals surface area (Å²) in [6.07, 6.45) is 14.0. The van der Waals surface area contributed by atoms with Crippen LogP contribution in [-0.4, -0.2) is 16.7 Å². The van der Waals surface area contributed by atoms with Gasteiger partial charge in [-0.25, -0.2) is 4.79 Å². The molecule has 1 aromatic carbocycles. The lowest BCUT2D eigenvalue weighted by Crippen LogP contribution is -2.41. The minimum atomic E-state index is -0.609. The molecule has 0 aromatic heterocycles. The molecule has 3 N–H and O–H groups in total. The van der Waals surface area contributed by atoms with Crippen molar-refractivity contribution in [2.24, 2.45) is 5.92 Å². The van der Waals surface area contributed by atoms with Gasteiger partial charge in [-0.05, 0) is 55.7 Å². The summed E-state index contributed by atoms with van der Waals surface area (Å²) in [6, 6.07) is 7.53. The molecule has 0 radical (unpaired) electrons. The van der Waals surface area contributed by atoms with E-state index in [9.17, 15) is 9.90 Å². The smallest absolute Gasteiger partial charge is 0.338 e. The molecule has 1 aliphatic heterocycles. The Balaban J connectivity index is 1.83. The number of benzene rings is 1. The molecular weight excluding hydrogens is 362 g/mol. The molecule has 0 saturated heterocycles. The molecule has 0 saturated carbocycles. The van der Waals surface area contributed by atoms with Crippen LogP contribution in [0.5, 0.6) is 0 Å². The molecule has 0 amide bonds. The second-order valence-corrected chi connectivity index (χ2v) is 8.34. The number of aliphatic hydroxyl groups is 1. The number of nitrogen functional groups attached to an aromatic ring is 1. The normalized spacial score (nSPS) is 25.2. The first-order valence-electron chi connectivity index (χ1n) is 10.8. The first-order chi connectivity index (χ1) is 14.0. The van der Waals surface area contributed by atoms with E-state index in [1.54, 1.807) is 0 Å². The van der Waals surface area contributed by atoms with Crippen molar-refractivity contribution in [2.75, 3.05) is 5.73 Å². The fraction of sp³-hybridized carbons (Fsp3) is 0.480. The maximum absolute atomic E-state index is 13.1. The zero-order valence-electron chi connectivity index (χ0n) is 17.6. The molecule has 156 valence electrons. The van der Waals surface area contributed by atoms with Crippen molar-refractivity contribution >= 4 is 11.7 Å². The average Bonchev–Trinajstić information content (AvgIpc) is 2.70. The summed E-state index contributed by atoms with van der Waals surface area (Å²) in [5.41, 5.74) is 7.31. The van der Waals surface area contributed by atoms with Crippen LogP contribution in [-0.2, 0) is 9.53 Å². The van der Waals surface area contributed by atoms with Crippen molar-refractivity contribution in [1.82, 2.24) is 0 Å². The van der Waals surface area contributed by atoms with E-state index >= 15 is 0 Å². The van der Waals surface area contributed by atoms with E-state index in [0.29, 0.717) is 30.0 Å². The molecule has 1 unspecified atom stereocenters. The number of hydrogen-bond acceptors (Lipinski definition) is 4. The highest BCUT2D eigenvalue weighted by molar-refractivity contribution is 5.92. The first kappa shape index (κ1) is 21.2. The van der Waals surface area contributed by atoms with Gasteiger partial charge in [-0.2, -0.15) is 0 Å². The molecule has 4 heteroatoms. The summed E-state index contributed by atoms with van der Waals surface area (Å²) in [5.74, 6) is 0.0614. The second-order valence-electron chi connectivity index (χ2n) is 8.34. The number of cyclic esters (lactones) is 1. The van der Waals surface area contributed by atoms with Crippen LogP contribution in [0.4, 0.5) is 5.69 Å². The van der Waals surface area contributed by atoms with Gasteiger partial charge >= 0.3 is 5.97 Å². The third-order valence-corrected chi connectivity index (χ3v) is 6.15. The summed E-state index contributed by atoms with van der Waals surface area (Å²) in [6.45, 7) is 4.11. The van der Waals surface area contributed by atoms with Gasteiger partial charge in [0.05, 0.1) is 5.57 Å². The van der Waals surface area contributed by atoms with Gasteiger partial charge in [0, 0.05) is 18.0 Å². The first-order valence-corrected chi connectivity index (χ1v) is 10.8. The number of carbonyl (C=O) groups is 1. The summed E-state index contributed by atoms with van der Waals surface area (Å²) in [5, 5.41) is 11.0. The quantitative estimate of drug-likeness (QED) is 0.420. The fourth-order valence-electron chi connectivity index (χ4n) is 4.69. The Morgan fingerprint density at radius 1 is 1.28 bits per heavy atom. The van der Waals surface area contributed by atoms with Gasteiger partial charge < -0.3 is 15.6 Å². The van der Waals surface area contributed by atoms with E-state index in [2.05, 4.69) is 31.2 Å². The monoisotopic (exact) mass is 395 g/mol. The molecule has 29 heavy (non-hydrogen) atoms.